The Balaban J connectivity index is 3.00. The molecule has 0 aromatic heterocycles. The van der Waals surface area contributed by atoms with E-state index in [1.807, 2.05) is 0 Å². The van der Waals surface area contributed by atoms with E-state index in [9.17, 15) is 21.6 Å². The highest BCUT2D eigenvalue weighted by atomic mass is 32.2. The van der Waals surface area contributed by atoms with Gasteiger partial charge in [0.15, 0.2) is 0 Å². The zero-order chi connectivity index (χ0) is 13.3. The molecule has 0 fully saturated rings. The zero-order valence-electron chi connectivity index (χ0n) is 9.15. The minimum atomic E-state index is -4.46. The van der Waals surface area contributed by atoms with Gasteiger partial charge in [-0.25, -0.2) is 0 Å². The summed E-state index contributed by atoms with van der Waals surface area (Å²) in [5.74, 6) is 0. The molecule has 0 heterocycles. The third-order valence-electron chi connectivity index (χ3n) is 2.00. The number of alkyl halides is 3. The first-order chi connectivity index (χ1) is 7.59. The Bertz CT molecular complexity index is 494. The predicted octanol–water partition coefficient (Wildman–Crippen LogP) is 2.74. The van der Waals surface area contributed by atoms with Crippen molar-refractivity contribution in [2.45, 2.75) is 19.2 Å². The van der Waals surface area contributed by atoms with Crippen LogP contribution in [0.5, 0.6) is 0 Å². The molecule has 0 aliphatic carbocycles. The van der Waals surface area contributed by atoms with Gasteiger partial charge in [-0.1, -0.05) is 12.1 Å². The summed E-state index contributed by atoms with van der Waals surface area (Å²) in [5, 5.41) is 0. The molecule has 0 saturated carbocycles. The molecule has 1 aromatic carbocycles. The lowest BCUT2D eigenvalue weighted by atomic mass is 10.1. The zero-order valence-corrected chi connectivity index (χ0v) is 9.97. The maximum atomic E-state index is 12.4. The fraction of sp³-hybridized carbons (Fsp3) is 0.400. The van der Waals surface area contributed by atoms with E-state index >= 15 is 0 Å². The Kier molecular flexibility index (Phi) is 3.83. The Morgan fingerprint density at radius 1 is 1.29 bits per heavy atom. The van der Waals surface area contributed by atoms with Crippen molar-refractivity contribution in [1.82, 2.24) is 0 Å². The SMILES string of the molecule is CC(OS(C)(=O)=O)c1cccc(C(F)(F)F)c1. The van der Waals surface area contributed by atoms with Gasteiger partial charge < -0.3 is 0 Å². The van der Waals surface area contributed by atoms with Gasteiger partial charge in [0.2, 0.25) is 0 Å². The second kappa shape index (κ2) is 4.66. The van der Waals surface area contributed by atoms with Crippen molar-refractivity contribution in [3.63, 3.8) is 0 Å². The van der Waals surface area contributed by atoms with Crippen LogP contribution >= 0.6 is 0 Å². The number of benzene rings is 1. The summed E-state index contributed by atoms with van der Waals surface area (Å²) in [6.45, 7) is 1.37. The summed E-state index contributed by atoms with van der Waals surface area (Å²) >= 11 is 0. The number of hydrogen-bond donors (Lipinski definition) is 0. The van der Waals surface area contributed by atoms with E-state index in [1.165, 1.54) is 19.1 Å². The standard InChI is InChI=1S/C10H11F3O3S/c1-7(16-17(2,14)15)8-4-3-5-9(6-8)10(11,12)13/h3-7H,1-2H3. The van der Waals surface area contributed by atoms with Gasteiger partial charge in [-0.2, -0.15) is 21.6 Å². The quantitative estimate of drug-likeness (QED) is 0.792. The van der Waals surface area contributed by atoms with Gasteiger partial charge in [0, 0.05) is 0 Å². The van der Waals surface area contributed by atoms with Gasteiger partial charge >= 0.3 is 6.18 Å². The smallest absolute Gasteiger partial charge is 0.262 e. The highest BCUT2D eigenvalue weighted by molar-refractivity contribution is 7.86. The van der Waals surface area contributed by atoms with Gasteiger partial charge in [0.05, 0.1) is 17.9 Å². The Morgan fingerprint density at radius 3 is 2.35 bits per heavy atom. The van der Waals surface area contributed by atoms with Gasteiger partial charge in [0.1, 0.15) is 0 Å². The maximum absolute atomic E-state index is 12.4. The third kappa shape index (κ3) is 4.35. The highest BCUT2D eigenvalue weighted by Gasteiger charge is 2.30. The molecule has 0 aliphatic rings. The molecular formula is C10H11F3O3S. The van der Waals surface area contributed by atoms with Crippen LogP contribution in [-0.4, -0.2) is 14.7 Å². The number of rotatable bonds is 3. The fourth-order valence-electron chi connectivity index (χ4n) is 1.29. The lowest BCUT2D eigenvalue weighted by molar-refractivity contribution is -0.137. The molecule has 7 heteroatoms. The molecule has 0 N–H and O–H groups in total. The molecule has 0 radical (unpaired) electrons. The summed E-state index contributed by atoms with van der Waals surface area (Å²) in [6.07, 6.45) is -4.56. The lowest BCUT2D eigenvalue weighted by Gasteiger charge is -2.13. The van der Waals surface area contributed by atoms with Gasteiger partial charge in [-0.3, -0.25) is 4.18 Å². The van der Waals surface area contributed by atoms with Gasteiger partial charge in [-0.15, -0.1) is 0 Å². The van der Waals surface area contributed by atoms with E-state index in [2.05, 4.69) is 4.18 Å². The molecule has 0 saturated heterocycles. The van der Waals surface area contributed by atoms with E-state index in [0.717, 1.165) is 18.4 Å². The molecule has 1 unspecified atom stereocenters. The lowest BCUT2D eigenvalue weighted by Crippen LogP contribution is -2.10. The number of hydrogen-bond acceptors (Lipinski definition) is 3. The van der Waals surface area contributed by atoms with Crippen molar-refractivity contribution in [2.24, 2.45) is 0 Å². The summed E-state index contributed by atoms with van der Waals surface area (Å²) < 4.78 is 63.5. The third-order valence-corrected chi connectivity index (χ3v) is 2.64. The summed E-state index contributed by atoms with van der Waals surface area (Å²) in [6, 6.07) is 4.37. The van der Waals surface area contributed by atoms with Gasteiger partial charge in [0.25, 0.3) is 10.1 Å². The van der Waals surface area contributed by atoms with Crippen molar-refractivity contribution in [3.05, 3.63) is 35.4 Å². The first-order valence-corrected chi connectivity index (χ1v) is 6.46. The monoisotopic (exact) mass is 268 g/mol. The summed E-state index contributed by atoms with van der Waals surface area (Å²) in [4.78, 5) is 0. The van der Waals surface area contributed by atoms with Crippen LogP contribution in [0.2, 0.25) is 0 Å². The van der Waals surface area contributed by atoms with Crippen LogP contribution in [0.15, 0.2) is 24.3 Å². The van der Waals surface area contributed by atoms with Crippen molar-refractivity contribution in [1.29, 1.82) is 0 Å². The minimum absolute atomic E-state index is 0.158. The minimum Gasteiger partial charge on any atom is -0.262 e. The summed E-state index contributed by atoms with van der Waals surface area (Å²) in [7, 11) is -3.70. The predicted molar refractivity (Wildman–Crippen MR) is 55.8 cm³/mol. The van der Waals surface area contributed by atoms with Crippen LogP contribution in [0, 0.1) is 0 Å². The van der Waals surface area contributed by atoms with E-state index in [0.29, 0.717) is 0 Å². The molecule has 1 rings (SSSR count). The molecule has 0 amide bonds. The molecule has 17 heavy (non-hydrogen) atoms. The van der Waals surface area contributed by atoms with E-state index in [-0.39, 0.29) is 5.56 Å². The van der Waals surface area contributed by atoms with Crippen molar-refractivity contribution >= 4 is 10.1 Å². The highest BCUT2D eigenvalue weighted by Crippen LogP contribution is 2.31. The average Bonchev–Trinajstić information content (AvgIpc) is 2.14. The second-order valence-corrected chi connectivity index (χ2v) is 5.17. The van der Waals surface area contributed by atoms with Crippen LogP contribution in [-0.2, 0) is 20.5 Å². The molecule has 1 atom stereocenters. The molecule has 96 valence electrons. The van der Waals surface area contributed by atoms with Crippen LogP contribution < -0.4 is 0 Å². The van der Waals surface area contributed by atoms with Crippen LogP contribution in [0.3, 0.4) is 0 Å². The van der Waals surface area contributed by atoms with E-state index < -0.39 is 28.0 Å². The fourth-order valence-corrected chi connectivity index (χ4v) is 1.92. The molecule has 0 aliphatic heterocycles. The van der Waals surface area contributed by atoms with Gasteiger partial charge in [-0.05, 0) is 24.6 Å². The Labute approximate surface area is 97.3 Å². The molecule has 0 spiro atoms. The Morgan fingerprint density at radius 2 is 1.88 bits per heavy atom. The van der Waals surface area contributed by atoms with E-state index in [4.69, 9.17) is 0 Å². The second-order valence-electron chi connectivity index (χ2n) is 3.57. The maximum Gasteiger partial charge on any atom is 0.416 e. The average molecular weight is 268 g/mol. The molecule has 3 nitrogen and oxygen atoms in total. The first-order valence-electron chi connectivity index (χ1n) is 4.65. The normalized spacial score (nSPS) is 14.6. The largest absolute Gasteiger partial charge is 0.416 e. The molecule has 0 bridgehead atoms. The molecular weight excluding hydrogens is 257 g/mol. The van der Waals surface area contributed by atoms with Crippen LogP contribution in [0.1, 0.15) is 24.2 Å². The topological polar surface area (TPSA) is 43.4 Å². The van der Waals surface area contributed by atoms with Crippen LogP contribution in [0.4, 0.5) is 13.2 Å². The van der Waals surface area contributed by atoms with Crippen molar-refractivity contribution in [2.75, 3.05) is 6.26 Å². The Hall–Kier alpha value is -1.08. The molecule has 1 aromatic rings. The van der Waals surface area contributed by atoms with E-state index in [1.54, 1.807) is 0 Å². The summed E-state index contributed by atoms with van der Waals surface area (Å²) in [5.41, 5.74) is -0.677. The number of halogens is 3. The van der Waals surface area contributed by atoms with Crippen molar-refractivity contribution in [3.8, 4) is 0 Å². The van der Waals surface area contributed by atoms with Crippen LogP contribution in [0.25, 0.3) is 0 Å². The first kappa shape index (κ1) is 14.0. The van der Waals surface area contributed by atoms with Crippen molar-refractivity contribution < 1.29 is 25.8 Å².